The Hall–Kier alpha value is -2.66. The topological polar surface area (TPSA) is 61.8 Å². The molecule has 1 atom stereocenters. The summed E-state index contributed by atoms with van der Waals surface area (Å²) in [5, 5.41) is 0. The van der Waals surface area contributed by atoms with Gasteiger partial charge in [-0.3, -0.25) is 9.59 Å². The van der Waals surface area contributed by atoms with Gasteiger partial charge < -0.3 is 14.2 Å². The van der Waals surface area contributed by atoms with Crippen molar-refractivity contribution in [2.45, 2.75) is 219 Å². The Kier molecular flexibility index (Phi) is 44.5. The Bertz CT molecular complexity index is 1020. The highest BCUT2D eigenvalue weighted by molar-refractivity contribution is 5.70. The number of carbonyl (C=O) groups is 2. The molecule has 5 heteroatoms. The van der Waals surface area contributed by atoms with Crippen LogP contribution in [-0.2, 0) is 23.8 Å². The molecule has 0 spiro atoms. The lowest BCUT2D eigenvalue weighted by Gasteiger charge is -2.18. The molecule has 0 aromatic heterocycles. The second-order valence-corrected chi connectivity index (χ2v) is 15.3. The lowest BCUT2D eigenvalue weighted by atomic mass is 10.1. The third-order valence-corrected chi connectivity index (χ3v) is 9.73. The van der Waals surface area contributed by atoms with Crippen LogP contribution in [0.4, 0.5) is 0 Å². The molecule has 0 fully saturated rings. The van der Waals surface area contributed by atoms with Gasteiger partial charge in [0.25, 0.3) is 0 Å². The van der Waals surface area contributed by atoms with Crippen molar-refractivity contribution in [2.75, 3.05) is 19.8 Å². The van der Waals surface area contributed by atoms with Gasteiger partial charge in [0.15, 0.2) is 6.10 Å². The van der Waals surface area contributed by atoms with Crippen molar-refractivity contribution in [3.8, 4) is 0 Å². The molecule has 0 aliphatic rings. The maximum atomic E-state index is 12.5. The van der Waals surface area contributed by atoms with Crippen LogP contribution in [0.5, 0.6) is 0 Å². The van der Waals surface area contributed by atoms with E-state index in [4.69, 9.17) is 14.2 Å². The predicted octanol–water partition coefficient (Wildman–Crippen LogP) is 15.6. The van der Waals surface area contributed by atoms with Gasteiger partial charge in [0.05, 0.1) is 6.61 Å². The summed E-state index contributed by atoms with van der Waals surface area (Å²) in [7, 11) is 0. The highest BCUT2D eigenvalue weighted by Gasteiger charge is 2.17. The van der Waals surface area contributed by atoms with Gasteiger partial charge in [0.2, 0.25) is 0 Å². The largest absolute Gasteiger partial charge is 0.462 e. The summed E-state index contributed by atoms with van der Waals surface area (Å²) in [5.41, 5.74) is 0. The highest BCUT2D eigenvalue weighted by atomic mass is 16.6. The molecule has 0 aromatic carbocycles. The van der Waals surface area contributed by atoms with Gasteiger partial charge in [-0.15, -0.1) is 0 Å². The Morgan fingerprint density at radius 3 is 1.36 bits per heavy atom. The van der Waals surface area contributed by atoms with E-state index in [1.807, 2.05) is 0 Å². The van der Waals surface area contributed by atoms with Gasteiger partial charge in [-0.25, -0.2) is 0 Å². The summed E-state index contributed by atoms with van der Waals surface area (Å²) in [4.78, 5) is 25.0. The van der Waals surface area contributed by atoms with Gasteiger partial charge in [-0.05, 0) is 89.9 Å². The molecule has 5 nitrogen and oxygen atoms in total. The first kappa shape index (κ1) is 53.3. The molecule has 0 radical (unpaired) electrons. The number of hydrogen-bond donors (Lipinski definition) is 0. The number of esters is 2. The SMILES string of the molecule is CC/C=C\C/C=C\C/C=C\C/C=C\CCCCC(=O)OCC(COCCCCCCCCCCCC/C=C\C/C=C\CCCCC)OC(=O)CCCCCCC. The first-order valence-electron chi connectivity index (χ1n) is 23.5. The standard InChI is InChI=1S/C51H88O5/c1-4-7-10-13-15-17-19-21-23-24-25-26-27-29-31-33-35-37-40-43-46-54-47-49(56-51(53)45-42-38-12-9-6-3)48-55-50(52)44-41-39-36-34-32-30-28-22-20-18-16-14-11-8-5-2/h8,11,15-18,21-23,28,32,34,49H,4-7,9-10,12-14,19-20,24-27,29-31,33,35-48H2,1-3H3/b11-8-,17-15-,18-16-,23-21-,28-22-,34-32-. The molecule has 0 aliphatic carbocycles. The molecule has 56 heavy (non-hydrogen) atoms. The molecular weight excluding hydrogens is 693 g/mol. The fraction of sp³-hybridized carbons (Fsp3) is 0.725. The zero-order valence-electron chi connectivity index (χ0n) is 36.9. The first-order valence-corrected chi connectivity index (χ1v) is 23.5. The Labute approximate surface area is 347 Å². The van der Waals surface area contributed by atoms with Gasteiger partial charge in [0, 0.05) is 19.4 Å². The molecular formula is C51H88O5. The van der Waals surface area contributed by atoms with Crippen molar-refractivity contribution in [3.63, 3.8) is 0 Å². The van der Waals surface area contributed by atoms with Crippen molar-refractivity contribution < 1.29 is 23.8 Å². The fourth-order valence-corrected chi connectivity index (χ4v) is 6.24. The third kappa shape index (κ3) is 44.1. The highest BCUT2D eigenvalue weighted by Crippen LogP contribution is 2.13. The molecule has 0 heterocycles. The summed E-state index contributed by atoms with van der Waals surface area (Å²) < 4.78 is 17.2. The minimum absolute atomic E-state index is 0.0603. The monoisotopic (exact) mass is 781 g/mol. The van der Waals surface area contributed by atoms with Crippen LogP contribution in [0.2, 0.25) is 0 Å². The van der Waals surface area contributed by atoms with Gasteiger partial charge >= 0.3 is 11.9 Å². The van der Waals surface area contributed by atoms with Crippen LogP contribution in [0.15, 0.2) is 72.9 Å². The van der Waals surface area contributed by atoms with Gasteiger partial charge in [0.1, 0.15) is 6.61 Å². The van der Waals surface area contributed by atoms with E-state index < -0.39 is 6.10 Å². The van der Waals surface area contributed by atoms with Crippen molar-refractivity contribution in [1.29, 1.82) is 0 Å². The Balaban J connectivity index is 4.09. The Morgan fingerprint density at radius 1 is 0.411 bits per heavy atom. The molecule has 0 rings (SSSR count). The number of ether oxygens (including phenoxy) is 3. The van der Waals surface area contributed by atoms with E-state index in [1.54, 1.807) is 0 Å². The number of rotatable bonds is 42. The molecule has 0 aromatic rings. The third-order valence-electron chi connectivity index (χ3n) is 9.73. The summed E-state index contributed by atoms with van der Waals surface area (Å²) in [6, 6.07) is 0. The minimum Gasteiger partial charge on any atom is -0.462 e. The lowest BCUT2D eigenvalue weighted by Crippen LogP contribution is -2.30. The average molecular weight is 781 g/mol. The van der Waals surface area contributed by atoms with Crippen LogP contribution in [0.25, 0.3) is 0 Å². The molecule has 0 saturated heterocycles. The van der Waals surface area contributed by atoms with Crippen LogP contribution >= 0.6 is 0 Å². The number of allylic oxidation sites excluding steroid dienone is 12. The van der Waals surface area contributed by atoms with E-state index in [9.17, 15) is 9.59 Å². The van der Waals surface area contributed by atoms with Crippen LogP contribution in [0.1, 0.15) is 213 Å². The van der Waals surface area contributed by atoms with Crippen molar-refractivity contribution in [1.82, 2.24) is 0 Å². The first-order chi connectivity index (χ1) is 27.6. The van der Waals surface area contributed by atoms with Crippen LogP contribution in [-0.4, -0.2) is 37.9 Å². The molecule has 0 bridgehead atoms. The summed E-state index contributed by atoms with van der Waals surface area (Å²) in [5.74, 6) is -0.461. The molecule has 1 unspecified atom stereocenters. The zero-order valence-corrected chi connectivity index (χ0v) is 36.9. The van der Waals surface area contributed by atoms with Crippen LogP contribution in [0, 0.1) is 0 Å². The second-order valence-electron chi connectivity index (χ2n) is 15.3. The Morgan fingerprint density at radius 2 is 0.804 bits per heavy atom. The summed E-state index contributed by atoms with van der Waals surface area (Å²) in [6.07, 6.45) is 59.4. The van der Waals surface area contributed by atoms with Gasteiger partial charge in [-0.2, -0.15) is 0 Å². The van der Waals surface area contributed by atoms with E-state index in [2.05, 4.69) is 93.7 Å². The van der Waals surface area contributed by atoms with Crippen LogP contribution in [0.3, 0.4) is 0 Å². The minimum atomic E-state index is -0.551. The normalized spacial score (nSPS) is 12.8. The quantitative estimate of drug-likeness (QED) is 0.0351. The van der Waals surface area contributed by atoms with Crippen molar-refractivity contribution in [2.24, 2.45) is 0 Å². The van der Waals surface area contributed by atoms with E-state index in [0.717, 1.165) is 83.5 Å². The fourth-order valence-electron chi connectivity index (χ4n) is 6.24. The van der Waals surface area contributed by atoms with E-state index in [-0.39, 0.29) is 25.2 Å². The molecule has 0 saturated carbocycles. The van der Waals surface area contributed by atoms with E-state index >= 15 is 0 Å². The summed E-state index contributed by atoms with van der Waals surface area (Å²) >= 11 is 0. The maximum absolute atomic E-state index is 12.5. The van der Waals surface area contributed by atoms with Crippen LogP contribution < -0.4 is 0 Å². The molecule has 0 aliphatic heterocycles. The van der Waals surface area contributed by atoms with Crippen molar-refractivity contribution >= 4 is 11.9 Å². The van der Waals surface area contributed by atoms with Crippen molar-refractivity contribution in [3.05, 3.63) is 72.9 Å². The van der Waals surface area contributed by atoms with E-state index in [1.165, 1.54) is 96.3 Å². The average Bonchev–Trinajstić information content (AvgIpc) is 3.20. The molecule has 0 amide bonds. The maximum Gasteiger partial charge on any atom is 0.306 e. The number of hydrogen-bond acceptors (Lipinski definition) is 5. The van der Waals surface area contributed by atoms with Gasteiger partial charge in [-0.1, -0.05) is 184 Å². The smallest absolute Gasteiger partial charge is 0.306 e. The predicted molar refractivity (Wildman–Crippen MR) is 242 cm³/mol. The zero-order chi connectivity index (χ0) is 40.7. The van der Waals surface area contributed by atoms with E-state index in [0.29, 0.717) is 19.4 Å². The molecule has 0 N–H and O–H groups in total. The second kappa shape index (κ2) is 46.7. The lowest BCUT2D eigenvalue weighted by molar-refractivity contribution is -0.163. The summed E-state index contributed by atoms with van der Waals surface area (Å²) in [6.45, 7) is 7.56. The molecule has 322 valence electrons. The number of unbranched alkanes of at least 4 members (excludes halogenated alkanes) is 19. The number of carbonyl (C=O) groups excluding carboxylic acids is 2.